The van der Waals surface area contributed by atoms with Crippen LogP contribution in [0.4, 0.5) is 17.1 Å². The molecule has 11 heteroatoms. The van der Waals surface area contributed by atoms with Gasteiger partial charge < -0.3 is 5.43 Å². The van der Waals surface area contributed by atoms with Crippen molar-refractivity contribution in [3.8, 4) is 0 Å². The predicted molar refractivity (Wildman–Crippen MR) is 73.6 cm³/mol. The maximum Gasteiger partial charge on any atom is 0.300 e. The van der Waals surface area contributed by atoms with Crippen LogP contribution < -0.4 is 10.9 Å². The summed E-state index contributed by atoms with van der Waals surface area (Å²) in [5.74, 6) is 0.00941. The monoisotopic (exact) mass is 316 g/mol. The molecule has 2 N–H and O–H groups in total. The van der Waals surface area contributed by atoms with Crippen molar-refractivity contribution in [1.82, 2.24) is 5.43 Å². The van der Waals surface area contributed by atoms with Crippen LogP contribution in [0.25, 0.3) is 0 Å². The van der Waals surface area contributed by atoms with Crippen molar-refractivity contribution in [2.45, 2.75) is 12.5 Å². The number of nitro benzene ring substituents is 2. The quantitative estimate of drug-likeness (QED) is 0.593. The zero-order valence-electron chi connectivity index (χ0n) is 10.7. The molecule has 0 aromatic heterocycles. The number of nitro groups is 2. The van der Waals surface area contributed by atoms with Crippen LogP contribution in [0.15, 0.2) is 18.2 Å². The third-order valence-corrected chi connectivity index (χ3v) is 4.80. The van der Waals surface area contributed by atoms with E-state index >= 15 is 0 Å². The maximum atomic E-state index is 11.3. The molecule has 114 valence electrons. The van der Waals surface area contributed by atoms with Crippen LogP contribution in [0.2, 0.25) is 0 Å². The highest BCUT2D eigenvalue weighted by Crippen LogP contribution is 2.28. The van der Waals surface area contributed by atoms with E-state index in [4.69, 9.17) is 0 Å². The highest BCUT2D eigenvalue weighted by molar-refractivity contribution is 7.91. The van der Waals surface area contributed by atoms with E-state index in [0.29, 0.717) is 6.42 Å². The maximum absolute atomic E-state index is 11.3. The molecule has 0 bridgehead atoms. The van der Waals surface area contributed by atoms with Crippen LogP contribution in [-0.2, 0) is 9.84 Å². The van der Waals surface area contributed by atoms with Crippen LogP contribution in [0.5, 0.6) is 0 Å². The zero-order chi connectivity index (χ0) is 15.6. The van der Waals surface area contributed by atoms with Gasteiger partial charge >= 0.3 is 5.69 Å². The Hall–Kier alpha value is -2.27. The normalized spacial score (nSPS) is 20.1. The fourth-order valence-electron chi connectivity index (χ4n) is 1.98. The van der Waals surface area contributed by atoms with E-state index in [-0.39, 0.29) is 23.2 Å². The summed E-state index contributed by atoms with van der Waals surface area (Å²) in [7, 11) is -3.07. The molecule has 0 spiro atoms. The van der Waals surface area contributed by atoms with Gasteiger partial charge in [-0.1, -0.05) is 0 Å². The molecule has 1 heterocycles. The third kappa shape index (κ3) is 3.64. The van der Waals surface area contributed by atoms with Gasteiger partial charge in [0.1, 0.15) is 5.69 Å². The fourth-order valence-corrected chi connectivity index (χ4v) is 3.65. The summed E-state index contributed by atoms with van der Waals surface area (Å²) in [6.45, 7) is 0. The molecule has 1 aliphatic rings. The van der Waals surface area contributed by atoms with Crippen molar-refractivity contribution >= 4 is 26.9 Å². The summed E-state index contributed by atoms with van der Waals surface area (Å²) in [5.41, 5.74) is 4.44. The first-order valence-electron chi connectivity index (χ1n) is 5.93. The summed E-state index contributed by atoms with van der Waals surface area (Å²) < 4.78 is 22.6. The van der Waals surface area contributed by atoms with Crippen molar-refractivity contribution < 1.29 is 18.3 Å². The lowest BCUT2D eigenvalue weighted by atomic mass is 10.2. The molecule has 10 nitrogen and oxygen atoms in total. The molecule has 1 unspecified atom stereocenters. The number of non-ortho nitro benzene ring substituents is 1. The first-order valence-corrected chi connectivity index (χ1v) is 7.75. The van der Waals surface area contributed by atoms with Crippen molar-refractivity contribution in [2.24, 2.45) is 0 Å². The van der Waals surface area contributed by atoms with Gasteiger partial charge in [-0.15, -0.1) is 0 Å². The summed E-state index contributed by atoms with van der Waals surface area (Å²) in [5, 5.41) is 21.5. The Labute approximate surface area is 119 Å². The van der Waals surface area contributed by atoms with Gasteiger partial charge in [-0.2, -0.15) is 0 Å². The van der Waals surface area contributed by atoms with Gasteiger partial charge in [0, 0.05) is 12.1 Å². The Morgan fingerprint density at radius 3 is 2.43 bits per heavy atom. The van der Waals surface area contributed by atoms with Crippen molar-refractivity contribution in [3.63, 3.8) is 0 Å². The van der Waals surface area contributed by atoms with Gasteiger partial charge in [0.25, 0.3) is 5.69 Å². The minimum Gasteiger partial charge on any atom is -0.315 e. The zero-order valence-corrected chi connectivity index (χ0v) is 11.5. The second-order valence-corrected chi connectivity index (χ2v) is 6.81. The smallest absolute Gasteiger partial charge is 0.300 e. The second-order valence-electron chi connectivity index (χ2n) is 4.58. The first-order chi connectivity index (χ1) is 9.78. The minimum absolute atomic E-state index is 0.0369. The molecule has 1 saturated heterocycles. The molecule has 0 aliphatic carbocycles. The molecule has 1 atom stereocenters. The van der Waals surface area contributed by atoms with Crippen LogP contribution in [0.1, 0.15) is 6.42 Å². The molecule has 2 rings (SSSR count). The first kappa shape index (κ1) is 15.1. The molecular formula is C10H12N4O6S. The summed E-state index contributed by atoms with van der Waals surface area (Å²) in [6, 6.07) is 2.81. The van der Waals surface area contributed by atoms with Gasteiger partial charge in [0.15, 0.2) is 9.84 Å². The Morgan fingerprint density at radius 1 is 1.19 bits per heavy atom. The Bertz CT molecular complexity index is 689. The summed E-state index contributed by atoms with van der Waals surface area (Å²) >= 11 is 0. The van der Waals surface area contributed by atoms with Crippen LogP contribution in [-0.4, -0.2) is 35.8 Å². The summed E-state index contributed by atoms with van der Waals surface area (Å²) in [4.78, 5) is 20.0. The van der Waals surface area contributed by atoms with E-state index in [2.05, 4.69) is 10.9 Å². The number of sulfone groups is 1. The Morgan fingerprint density at radius 2 is 1.90 bits per heavy atom. The van der Waals surface area contributed by atoms with Crippen molar-refractivity contribution in [3.05, 3.63) is 38.4 Å². The van der Waals surface area contributed by atoms with Gasteiger partial charge in [-0.05, 0) is 12.5 Å². The number of benzene rings is 1. The molecule has 1 fully saturated rings. The number of nitrogens with zero attached hydrogens (tertiary/aromatic N) is 2. The molecule has 1 aliphatic heterocycles. The van der Waals surface area contributed by atoms with Gasteiger partial charge in [0.2, 0.25) is 0 Å². The average molecular weight is 316 g/mol. The Kier molecular flexibility index (Phi) is 4.04. The van der Waals surface area contributed by atoms with Gasteiger partial charge in [-0.25, -0.2) is 13.8 Å². The lowest BCUT2D eigenvalue weighted by Crippen LogP contribution is -2.35. The van der Waals surface area contributed by atoms with E-state index < -0.39 is 31.1 Å². The predicted octanol–water partition coefficient (Wildman–Crippen LogP) is 0.607. The lowest BCUT2D eigenvalue weighted by Gasteiger charge is -2.13. The van der Waals surface area contributed by atoms with E-state index in [1.165, 1.54) is 6.07 Å². The second kappa shape index (κ2) is 5.61. The van der Waals surface area contributed by atoms with Gasteiger partial charge in [0.05, 0.1) is 27.4 Å². The molecule has 0 amide bonds. The van der Waals surface area contributed by atoms with E-state index in [0.717, 1.165) is 12.1 Å². The van der Waals surface area contributed by atoms with Crippen LogP contribution in [0.3, 0.4) is 0 Å². The van der Waals surface area contributed by atoms with Crippen LogP contribution >= 0.6 is 0 Å². The average Bonchev–Trinajstić information content (AvgIpc) is 2.75. The topological polar surface area (TPSA) is 144 Å². The number of hydrogen-bond acceptors (Lipinski definition) is 8. The molecule has 1 aromatic rings. The van der Waals surface area contributed by atoms with Crippen molar-refractivity contribution in [2.75, 3.05) is 16.9 Å². The molecule has 0 saturated carbocycles. The number of hydrogen-bond donors (Lipinski definition) is 2. The van der Waals surface area contributed by atoms with E-state index in [1.807, 2.05) is 0 Å². The number of rotatable bonds is 5. The van der Waals surface area contributed by atoms with E-state index in [1.54, 1.807) is 0 Å². The number of nitrogens with one attached hydrogen (secondary N) is 2. The molecular weight excluding hydrogens is 304 g/mol. The van der Waals surface area contributed by atoms with Crippen molar-refractivity contribution in [1.29, 1.82) is 0 Å². The summed E-state index contributed by atoms with van der Waals surface area (Å²) in [6.07, 6.45) is 0.399. The van der Waals surface area contributed by atoms with Gasteiger partial charge in [-0.3, -0.25) is 20.2 Å². The minimum atomic E-state index is -3.07. The molecule has 0 radical (unpaired) electrons. The lowest BCUT2D eigenvalue weighted by molar-refractivity contribution is -0.393. The largest absolute Gasteiger partial charge is 0.315 e. The fraction of sp³-hybridized carbons (Fsp3) is 0.400. The number of anilines is 1. The SMILES string of the molecule is O=[N+]([O-])c1ccc(NNC2CCS(=O)(=O)C2)c([N+](=O)[O-])c1. The highest BCUT2D eigenvalue weighted by atomic mass is 32.2. The Balaban J connectivity index is 2.13. The molecule has 21 heavy (non-hydrogen) atoms. The third-order valence-electron chi connectivity index (χ3n) is 3.03. The van der Waals surface area contributed by atoms with E-state index in [9.17, 15) is 28.6 Å². The van der Waals surface area contributed by atoms with Crippen LogP contribution in [0, 0.1) is 20.2 Å². The number of hydrazine groups is 1. The molecule has 1 aromatic carbocycles. The highest BCUT2D eigenvalue weighted by Gasteiger charge is 2.28. The standard InChI is InChI=1S/C10H12N4O6S/c15-13(16)8-1-2-9(10(5-8)14(17)18)12-11-7-3-4-21(19,20)6-7/h1-2,5,7,11-12H,3-4,6H2.